The first-order valence-electron chi connectivity index (χ1n) is 7.31. The normalized spacial score (nSPS) is 17.3. The van der Waals surface area contributed by atoms with Crippen molar-refractivity contribution in [1.29, 1.82) is 0 Å². The second-order valence-electron chi connectivity index (χ2n) is 4.92. The Morgan fingerprint density at radius 3 is 2.65 bits per heavy atom. The van der Waals surface area contributed by atoms with Crippen LogP contribution < -0.4 is 16.4 Å². The number of carbonyl (C=O) groups excluding carboxylic acids is 2. The van der Waals surface area contributed by atoms with Crippen molar-refractivity contribution in [3.05, 3.63) is 11.6 Å². The standard InChI is InChI=1S/C14H22N4O4S/c15-11(13(22)17-6-8-20)14(23)18-12(21)9-1-3-10(4-2-9)16-5-7-19/h1,11,19-20H,2-8,15H2,(H,17,22)(H,18,21,23). The number of hydrogen-bond acceptors (Lipinski definition) is 7. The minimum atomic E-state index is -1.15. The fourth-order valence-electron chi connectivity index (χ4n) is 1.96. The summed E-state index contributed by atoms with van der Waals surface area (Å²) in [4.78, 5) is 27.8. The molecular formula is C14H22N4O4S. The van der Waals surface area contributed by atoms with Gasteiger partial charge in [0.15, 0.2) is 0 Å². The molecule has 1 atom stereocenters. The average Bonchev–Trinajstić information content (AvgIpc) is 2.57. The largest absolute Gasteiger partial charge is 0.395 e. The lowest BCUT2D eigenvalue weighted by atomic mass is 9.97. The Kier molecular flexibility index (Phi) is 8.56. The summed E-state index contributed by atoms with van der Waals surface area (Å²) in [5.74, 6) is -0.929. The molecule has 0 bridgehead atoms. The quantitative estimate of drug-likeness (QED) is 0.354. The molecule has 0 saturated heterocycles. The van der Waals surface area contributed by atoms with Gasteiger partial charge < -0.3 is 26.6 Å². The molecule has 0 radical (unpaired) electrons. The van der Waals surface area contributed by atoms with E-state index in [0.717, 1.165) is 5.71 Å². The van der Waals surface area contributed by atoms with E-state index in [1.165, 1.54) is 0 Å². The van der Waals surface area contributed by atoms with Crippen LogP contribution in [0.25, 0.3) is 0 Å². The number of aliphatic hydroxyl groups is 2. The van der Waals surface area contributed by atoms with E-state index in [2.05, 4.69) is 15.6 Å². The molecule has 0 fully saturated rings. The summed E-state index contributed by atoms with van der Waals surface area (Å²) in [7, 11) is 0. The lowest BCUT2D eigenvalue weighted by Crippen LogP contribution is -2.52. The second kappa shape index (κ2) is 10.2. The Labute approximate surface area is 139 Å². The zero-order valence-electron chi connectivity index (χ0n) is 12.7. The molecule has 2 amide bonds. The maximum Gasteiger partial charge on any atom is 0.251 e. The molecule has 8 nitrogen and oxygen atoms in total. The first-order valence-corrected chi connectivity index (χ1v) is 7.71. The smallest absolute Gasteiger partial charge is 0.251 e. The first kappa shape index (κ1) is 19.4. The van der Waals surface area contributed by atoms with E-state index in [1.54, 1.807) is 6.08 Å². The Morgan fingerprint density at radius 2 is 2.09 bits per heavy atom. The maximum absolute atomic E-state index is 12.1. The van der Waals surface area contributed by atoms with Crippen LogP contribution in [0.15, 0.2) is 16.6 Å². The van der Waals surface area contributed by atoms with Gasteiger partial charge in [-0.25, -0.2) is 0 Å². The molecule has 0 aromatic heterocycles. The number of aliphatic hydroxyl groups excluding tert-OH is 2. The highest BCUT2D eigenvalue weighted by Crippen LogP contribution is 2.16. The first-order chi connectivity index (χ1) is 11.0. The van der Waals surface area contributed by atoms with Crippen LogP contribution in [-0.2, 0) is 9.59 Å². The van der Waals surface area contributed by atoms with Crippen LogP contribution in [-0.4, -0.2) is 65.1 Å². The van der Waals surface area contributed by atoms with Gasteiger partial charge in [-0.1, -0.05) is 18.3 Å². The molecule has 6 N–H and O–H groups in total. The van der Waals surface area contributed by atoms with Gasteiger partial charge in [-0.3, -0.25) is 14.6 Å². The van der Waals surface area contributed by atoms with E-state index in [0.29, 0.717) is 31.4 Å². The highest BCUT2D eigenvalue weighted by atomic mass is 32.1. The van der Waals surface area contributed by atoms with Crippen molar-refractivity contribution in [1.82, 2.24) is 10.6 Å². The summed E-state index contributed by atoms with van der Waals surface area (Å²) in [5, 5.41) is 22.2. The third-order valence-electron chi connectivity index (χ3n) is 3.21. The second-order valence-corrected chi connectivity index (χ2v) is 5.36. The predicted molar refractivity (Wildman–Crippen MR) is 90.1 cm³/mol. The zero-order valence-corrected chi connectivity index (χ0v) is 13.6. The van der Waals surface area contributed by atoms with E-state index in [4.69, 9.17) is 28.2 Å². The zero-order chi connectivity index (χ0) is 17.2. The van der Waals surface area contributed by atoms with Gasteiger partial charge >= 0.3 is 0 Å². The number of amides is 2. The van der Waals surface area contributed by atoms with Crippen molar-refractivity contribution < 1.29 is 19.8 Å². The van der Waals surface area contributed by atoms with Crippen LogP contribution in [0.2, 0.25) is 0 Å². The van der Waals surface area contributed by atoms with E-state index in [-0.39, 0.29) is 30.7 Å². The molecule has 1 unspecified atom stereocenters. The Hall–Kier alpha value is -1.68. The topological polar surface area (TPSA) is 137 Å². The molecule has 0 aliphatic heterocycles. The highest BCUT2D eigenvalue weighted by molar-refractivity contribution is 7.80. The minimum absolute atomic E-state index is 0.00502. The average molecular weight is 342 g/mol. The number of nitrogens with two attached hydrogens (primary N) is 1. The molecule has 1 aliphatic carbocycles. The van der Waals surface area contributed by atoms with Crippen LogP contribution in [0.3, 0.4) is 0 Å². The number of rotatable bonds is 7. The van der Waals surface area contributed by atoms with Crippen LogP contribution in [0, 0.1) is 0 Å². The lowest BCUT2D eigenvalue weighted by molar-refractivity contribution is -0.121. The number of thiocarbonyl (C=S) groups is 1. The minimum Gasteiger partial charge on any atom is -0.395 e. The van der Waals surface area contributed by atoms with Gasteiger partial charge in [0.1, 0.15) is 11.0 Å². The molecule has 128 valence electrons. The maximum atomic E-state index is 12.1. The number of allylic oxidation sites excluding steroid dienone is 1. The Bertz CT molecular complexity index is 519. The SMILES string of the molecule is NC(C(=O)NCCO)C(=S)NC(=O)C1=CCC(=NCCO)CC1. The van der Waals surface area contributed by atoms with Gasteiger partial charge in [-0.15, -0.1) is 0 Å². The van der Waals surface area contributed by atoms with Gasteiger partial charge in [0.2, 0.25) is 5.91 Å². The number of nitrogens with one attached hydrogen (secondary N) is 2. The van der Waals surface area contributed by atoms with E-state index in [9.17, 15) is 9.59 Å². The molecule has 0 aromatic rings. The van der Waals surface area contributed by atoms with E-state index in [1.807, 2.05) is 0 Å². The third kappa shape index (κ3) is 6.53. The molecule has 0 spiro atoms. The van der Waals surface area contributed by atoms with Gasteiger partial charge in [-0.05, 0) is 12.8 Å². The summed E-state index contributed by atoms with van der Waals surface area (Å²) in [5.41, 5.74) is 7.16. The van der Waals surface area contributed by atoms with Crippen molar-refractivity contribution >= 4 is 34.7 Å². The molecule has 1 aliphatic rings. The van der Waals surface area contributed by atoms with Crippen molar-refractivity contribution in [3.63, 3.8) is 0 Å². The van der Waals surface area contributed by atoms with Gasteiger partial charge in [-0.2, -0.15) is 0 Å². The van der Waals surface area contributed by atoms with Crippen LogP contribution >= 0.6 is 12.2 Å². The summed E-state index contributed by atoms with van der Waals surface area (Å²) in [6.07, 6.45) is 3.48. The van der Waals surface area contributed by atoms with Gasteiger partial charge in [0.25, 0.3) is 5.91 Å². The van der Waals surface area contributed by atoms with Gasteiger partial charge in [0.05, 0.1) is 19.8 Å². The van der Waals surface area contributed by atoms with Crippen molar-refractivity contribution in [2.45, 2.75) is 25.3 Å². The number of nitrogens with zero attached hydrogens (tertiary/aromatic N) is 1. The third-order valence-corrected chi connectivity index (χ3v) is 3.56. The predicted octanol–water partition coefficient (Wildman–Crippen LogP) is -1.59. The van der Waals surface area contributed by atoms with Crippen LogP contribution in [0.1, 0.15) is 19.3 Å². The summed E-state index contributed by atoms with van der Waals surface area (Å²) < 4.78 is 0. The van der Waals surface area contributed by atoms with Crippen LogP contribution in [0.4, 0.5) is 0 Å². The van der Waals surface area contributed by atoms with E-state index < -0.39 is 11.9 Å². The fraction of sp³-hybridized carbons (Fsp3) is 0.571. The molecule has 0 aromatic carbocycles. The Balaban J connectivity index is 2.51. The number of aliphatic imine (C=N–C) groups is 1. The van der Waals surface area contributed by atoms with Crippen molar-refractivity contribution in [2.24, 2.45) is 10.7 Å². The molecule has 23 heavy (non-hydrogen) atoms. The summed E-state index contributed by atoms with van der Waals surface area (Å²) in [6, 6.07) is -1.15. The molecule has 9 heteroatoms. The molecule has 0 heterocycles. The van der Waals surface area contributed by atoms with Gasteiger partial charge in [0, 0.05) is 24.3 Å². The molecular weight excluding hydrogens is 320 g/mol. The van der Waals surface area contributed by atoms with Crippen molar-refractivity contribution in [2.75, 3.05) is 26.3 Å². The molecule has 0 saturated carbocycles. The highest BCUT2D eigenvalue weighted by Gasteiger charge is 2.22. The monoisotopic (exact) mass is 342 g/mol. The Morgan fingerprint density at radius 1 is 1.35 bits per heavy atom. The van der Waals surface area contributed by atoms with E-state index >= 15 is 0 Å². The summed E-state index contributed by atoms with van der Waals surface area (Å²) >= 11 is 4.97. The van der Waals surface area contributed by atoms with Crippen LogP contribution in [0.5, 0.6) is 0 Å². The number of carbonyl (C=O) groups is 2. The molecule has 1 rings (SSSR count). The lowest BCUT2D eigenvalue weighted by Gasteiger charge is -2.17. The van der Waals surface area contributed by atoms with Crippen molar-refractivity contribution in [3.8, 4) is 0 Å². The fourth-order valence-corrected chi connectivity index (χ4v) is 2.16. The summed E-state index contributed by atoms with van der Waals surface area (Å²) in [6.45, 7) is 0.243. The number of hydrogen-bond donors (Lipinski definition) is 5.